The highest BCUT2D eigenvalue weighted by Crippen LogP contribution is 2.31. The number of anilines is 1. The van der Waals surface area contributed by atoms with Gasteiger partial charge in [0, 0.05) is 34.8 Å². The van der Waals surface area contributed by atoms with Gasteiger partial charge in [-0.25, -0.2) is 19.3 Å². The summed E-state index contributed by atoms with van der Waals surface area (Å²) >= 11 is 0. The number of halogens is 2. The second kappa shape index (κ2) is 8.67. The lowest BCUT2D eigenvalue weighted by Gasteiger charge is -2.17. The van der Waals surface area contributed by atoms with Crippen LogP contribution in [0.3, 0.4) is 0 Å². The first-order chi connectivity index (χ1) is 16.4. The van der Waals surface area contributed by atoms with Crippen LogP contribution in [0.25, 0.3) is 33.4 Å². The lowest BCUT2D eigenvalue weighted by molar-refractivity contribution is 0.559. The van der Waals surface area contributed by atoms with Crippen LogP contribution < -0.4 is 5.32 Å². The first-order valence-corrected chi connectivity index (χ1v) is 10.9. The summed E-state index contributed by atoms with van der Waals surface area (Å²) in [5, 5.41) is 4.14. The fourth-order valence-electron chi connectivity index (χ4n) is 3.99. The number of aryl methyl sites for hydroxylation is 2. The van der Waals surface area contributed by atoms with Crippen molar-refractivity contribution in [1.82, 2.24) is 15.0 Å². The molecule has 0 aliphatic heterocycles. The molecule has 5 nitrogen and oxygen atoms in total. The van der Waals surface area contributed by atoms with Crippen molar-refractivity contribution in [3.63, 3.8) is 0 Å². The van der Waals surface area contributed by atoms with Crippen LogP contribution in [0, 0.1) is 25.6 Å². The van der Waals surface area contributed by atoms with Gasteiger partial charge in [-0.05, 0) is 67.8 Å². The fraction of sp³-hybridized carbons (Fsp3) is 0.148. The third-order valence-electron chi connectivity index (χ3n) is 5.77. The monoisotopic (exact) mass is 456 g/mol. The molecule has 0 aliphatic rings. The zero-order valence-electron chi connectivity index (χ0n) is 18.9. The molecule has 0 radical (unpaired) electrons. The van der Waals surface area contributed by atoms with E-state index in [2.05, 4.69) is 20.3 Å². The summed E-state index contributed by atoms with van der Waals surface area (Å²) in [6.07, 6.45) is 3.07. The van der Waals surface area contributed by atoms with Crippen LogP contribution in [0.4, 0.5) is 14.6 Å². The van der Waals surface area contributed by atoms with Gasteiger partial charge in [0.1, 0.15) is 11.6 Å². The SMILES string of the molecule is Cc1nc(N[C@@H](C)c2cccc(-c3ccc(F)nc3)c2)cc(-c2cc(F)c3occ(C)c3c2)n1. The van der Waals surface area contributed by atoms with Crippen LogP contribution in [0.15, 0.2) is 71.5 Å². The largest absolute Gasteiger partial charge is 0.461 e. The van der Waals surface area contributed by atoms with Crippen molar-refractivity contribution in [2.45, 2.75) is 26.8 Å². The molecule has 170 valence electrons. The molecule has 1 N–H and O–H groups in total. The normalized spacial score (nSPS) is 12.1. The van der Waals surface area contributed by atoms with Crippen molar-refractivity contribution in [2.75, 3.05) is 5.32 Å². The number of hydrogen-bond acceptors (Lipinski definition) is 5. The maximum Gasteiger partial charge on any atom is 0.212 e. The third kappa shape index (κ3) is 4.24. The maximum atomic E-state index is 14.6. The molecule has 0 spiro atoms. The summed E-state index contributed by atoms with van der Waals surface area (Å²) in [5.41, 5.74) is 5.19. The predicted octanol–water partition coefficient (Wildman–Crippen LogP) is 7.02. The summed E-state index contributed by atoms with van der Waals surface area (Å²) < 4.78 is 33.1. The number of pyridine rings is 1. The number of nitrogens with zero attached hydrogens (tertiary/aromatic N) is 3. The van der Waals surface area contributed by atoms with Gasteiger partial charge in [-0.1, -0.05) is 18.2 Å². The molecule has 0 bridgehead atoms. The molecule has 3 heterocycles. The first kappa shape index (κ1) is 21.7. The van der Waals surface area contributed by atoms with E-state index in [9.17, 15) is 8.78 Å². The Morgan fingerprint density at radius 2 is 1.76 bits per heavy atom. The number of fused-ring (bicyclic) bond motifs is 1. The van der Waals surface area contributed by atoms with Crippen molar-refractivity contribution < 1.29 is 13.2 Å². The number of hydrogen-bond donors (Lipinski definition) is 1. The Labute approximate surface area is 195 Å². The van der Waals surface area contributed by atoms with E-state index in [1.165, 1.54) is 18.3 Å². The fourth-order valence-corrected chi connectivity index (χ4v) is 3.99. The van der Waals surface area contributed by atoms with Crippen molar-refractivity contribution in [1.29, 1.82) is 0 Å². The Bertz CT molecular complexity index is 1500. The van der Waals surface area contributed by atoms with Gasteiger partial charge in [0.2, 0.25) is 5.95 Å². The van der Waals surface area contributed by atoms with E-state index in [0.29, 0.717) is 22.9 Å². The summed E-state index contributed by atoms with van der Waals surface area (Å²) in [4.78, 5) is 12.8. The van der Waals surface area contributed by atoms with E-state index in [4.69, 9.17) is 4.42 Å². The van der Waals surface area contributed by atoms with Crippen molar-refractivity contribution in [3.05, 3.63) is 95.8 Å². The minimum atomic E-state index is -0.508. The number of furan rings is 1. The zero-order chi connectivity index (χ0) is 23.8. The quantitative estimate of drug-likeness (QED) is 0.288. The average Bonchev–Trinajstić information content (AvgIpc) is 3.20. The first-order valence-electron chi connectivity index (χ1n) is 10.9. The molecule has 0 fully saturated rings. The van der Waals surface area contributed by atoms with E-state index in [1.807, 2.05) is 50.2 Å². The van der Waals surface area contributed by atoms with E-state index in [-0.39, 0.29) is 11.6 Å². The minimum Gasteiger partial charge on any atom is -0.461 e. The summed E-state index contributed by atoms with van der Waals surface area (Å²) in [6.45, 7) is 5.71. The molecular formula is C27H22F2N4O. The lowest BCUT2D eigenvalue weighted by Crippen LogP contribution is -2.09. The summed E-state index contributed by atoms with van der Waals surface area (Å²) in [6, 6.07) is 16.1. The molecule has 1 atom stereocenters. The second-order valence-electron chi connectivity index (χ2n) is 8.30. The highest BCUT2D eigenvalue weighted by Gasteiger charge is 2.14. The van der Waals surface area contributed by atoms with Crippen molar-refractivity contribution in [2.24, 2.45) is 0 Å². The predicted molar refractivity (Wildman–Crippen MR) is 128 cm³/mol. The molecule has 0 unspecified atom stereocenters. The number of rotatable bonds is 5. The topological polar surface area (TPSA) is 63.8 Å². The van der Waals surface area contributed by atoms with Crippen LogP contribution in [0.1, 0.15) is 29.9 Å². The molecule has 7 heteroatoms. The van der Waals surface area contributed by atoms with Crippen LogP contribution in [0.2, 0.25) is 0 Å². The highest BCUT2D eigenvalue weighted by atomic mass is 19.1. The van der Waals surface area contributed by atoms with Crippen LogP contribution in [-0.4, -0.2) is 15.0 Å². The van der Waals surface area contributed by atoms with Gasteiger partial charge in [-0.2, -0.15) is 4.39 Å². The summed E-state index contributed by atoms with van der Waals surface area (Å²) in [7, 11) is 0. The summed E-state index contributed by atoms with van der Waals surface area (Å²) in [5.74, 6) is 0.273. The molecule has 5 aromatic rings. The van der Waals surface area contributed by atoms with E-state index < -0.39 is 11.8 Å². The zero-order valence-corrected chi connectivity index (χ0v) is 18.9. The second-order valence-corrected chi connectivity index (χ2v) is 8.30. The van der Waals surface area contributed by atoms with E-state index >= 15 is 0 Å². The molecule has 5 rings (SSSR count). The van der Waals surface area contributed by atoms with Crippen LogP contribution in [-0.2, 0) is 0 Å². The molecule has 2 aromatic carbocycles. The van der Waals surface area contributed by atoms with Gasteiger partial charge in [-0.3, -0.25) is 0 Å². The van der Waals surface area contributed by atoms with Gasteiger partial charge in [-0.15, -0.1) is 0 Å². The molecule has 34 heavy (non-hydrogen) atoms. The van der Waals surface area contributed by atoms with Gasteiger partial charge in [0.25, 0.3) is 0 Å². The highest BCUT2D eigenvalue weighted by molar-refractivity contribution is 5.86. The number of aromatic nitrogens is 3. The Morgan fingerprint density at radius 3 is 2.56 bits per heavy atom. The molecule has 3 aromatic heterocycles. The third-order valence-corrected chi connectivity index (χ3v) is 5.77. The smallest absolute Gasteiger partial charge is 0.212 e. The van der Waals surface area contributed by atoms with Crippen molar-refractivity contribution in [3.8, 4) is 22.4 Å². The molecular weight excluding hydrogens is 434 g/mol. The van der Waals surface area contributed by atoms with Gasteiger partial charge in [0.05, 0.1) is 12.0 Å². The lowest BCUT2D eigenvalue weighted by atomic mass is 10.0. The standard InChI is InChI=1S/C27H22F2N4O/c1-15-14-34-27-22(15)10-21(11-23(27)28)24-12-26(33-17(3)32-24)31-16(2)18-5-4-6-19(9-18)20-7-8-25(29)30-13-20/h4-14,16H,1-3H3,(H,31,32,33)/t16-/m0/s1. The van der Waals surface area contributed by atoms with Crippen molar-refractivity contribution >= 4 is 16.8 Å². The Hall–Kier alpha value is -4.13. The number of nitrogens with one attached hydrogen (secondary N) is 1. The average molecular weight is 456 g/mol. The van der Waals surface area contributed by atoms with Gasteiger partial charge < -0.3 is 9.73 Å². The van der Waals surface area contributed by atoms with Crippen LogP contribution in [0.5, 0.6) is 0 Å². The van der Waals surface area contributed by atoms with Gasteiger partial charge in [0.15, 0.2) is 11.4 Å². The Kier molecular flexibility index (Phi) is 5.53. The maximum absolute atomic E-state index is 14.6. The molecule has 0 saturated carbocycles. The number of benzene rings is 2. The van der Waals surface area contributed by atoms with Gasteiger partial charge >= 0.3 is 0 Å². The Morgan fingerprint density at radius 1 is 0.912 bits per heavy atom. The minimum absolute atomic E-state index is 0.0779. The Balaban J connectivity index is 1.44. The van der Waals surface area contributed by atoms with E-state index in [1.54, 1.807) is 19.3 Å². The molecule has 0 aliphatic carbocycles. The molecule has 0 saturated heterocycles. The molecule has 0 amide bonds. The van der Waals surface area contributed by atoms with E-state index in [0.717, 1.165) is 27.6 Å². The van der Waals surface area contributed by atoms with Crippen LogP contribution >= 0.6 is 0 Å².